The summed E-state index contributed by atoms with van der Waals surface area (Å²) in [7, 11) is 0. The third-order valence-corrected chi connectivity index (χ3v) is 6.14. The van der Waals surface area contributed by atoms with Crippen LogP contribution in [0.1, 0.15) is 48.5 Å². The number of hydrogen-bond donors (Lipinski definition) is 0. The molecule has 23 heavy (non-hydrogen) atoms. The summed E-state index contributed by atoms with van der Waals surface area (Å²) in [6.45, 7) is 12.2. The SMILES string of the molecule is Cc1nc(N2CCCCC2)sc1C(=O)N1CCN(C(C)C)CC1. The van der Waals surface area contributed by atoms with E-state index >= 15 is 0 Å². The third-order valence-electron chi connectivity index (χ3n) is 4.94. The number of piperidine rings is 1. The van der Waals surface area contributed by atoms with Crippen LogP contribution in [0.15, 0.2) is 0 Å². The van der Waals surface area contributed by atoms with Crippen molar-refractivity contribution in [3.05, 3.63) is 10.6 Å². The lowest BCUT2D eigenvalue weighted by Gasteiger charge is -2.36. The highest BCUT2D eigenvalue weighted by Crippen LogP contribution is 2.29. The molecule has 2 fully saturated rings. The summed E-state index contributed by atoms with van der Waals surface area (Å²) < 4.78 is 0. The lowest BCUT2D eigenvalue weighted by molar-refractivity contribution is 0.0599. The maximum absolute atomic E-state index is 12.9. The quantitative estimate of drug-likeness (QED) is 0.851. The van der Waals surface area contributed by atoms with E-state index in [0.29, 0.717) is 6.04 Å². The Morgan fingerprint density at radius 3 is 2.30 bits per heavy atom. The molecular formula is C17H28N4OS. The van der Waals surface area contributed by atoms with E-state index in [4.69, 9.17) is 0 Å². The highest BCUT2D eigenvalue weighted by molar-refractivity contribution is 7.17. The van der Waals surface area contributed by atoms with Crippen LogP contribution in [0.25, 0.3) is 0 Å². The zero-order valence-electron chi connectivity index (χ0n) is 14.5. The van der Waals surface area contributed by atoms with Gasteiger partial charge in [-0.25, -0.2) is 4.98 Å². The predicted molar refractivity (Wildman–Crippen MR) is 95.5 cm³/mol. The van der Waals surface area contributed by atoms with Gasteiger partial charge in [-0.1, -0.05) is 11.3 Å². The first-order valence-corrected chi connectivity index (χ1v) is 9.63. The summed E-state index contributed by atoms with van der Waals surface area (Å²) in [5, 5.41) is 1.03. The second-order valence-corrected chi connectivity index (χ2v) is 7.86. The molecule has 1 amide bonds. The lowest BCUT2D eigenvalue weighted by Crippen LogP contribution is -2.50. The number of thiazole rings is 1. The molecule has 2 aliphatic heterocycles. The zero-order valence-corrected chi connectivity index (χ0v) is 15.4. The Bertz CT molecular complexity index is 543. The van der Waals surface area contributed by atoms with Crippen LogP contribution in [0.5, 0.6) is 0 Å². The van der Waals surface area contributed by atoms with E-state index in [2.05, 4.69) is 28.6 Å². The number of amides is 1. The van der Waals surface area contributed by atoms with E-state index in [1.807, 2.05) is 11.8 Å². The van der Waals surface area contributed by atoms with E-state index in [9.17, 15) is 4.79 Å². The number of anilines is 1. The fourth-order valence-electron chi connectivity index (χ4n) is 3.39. The number of carbonyl (C=O) groups excluding carboxylic acids is 1. The molecule has 0 N–H and O–H groups in total. The Morgan fingerprint density at radius 2 is 1.70 bits per heavy atom. The maximum Gasteiger partial charge on any atom is 0.266 e. The molecule has 2 aliphatic rings. The molecule has 0 aliphatic carbocycles. The van der Waals surface area contributed by atoms with Crippen molar-refractivity contribution in [2.24, 2.45) is 0 Å². The average molecular weight is 337 g/mol. The highest BCUT2D eigenvalue weighted by Gasteiger charge is 2.27. The van der Waals surface area contributed by atoms with Gasteiger partial charge in [0, 0.05) is 45.3 Å². The number of rotatable bonds is 3. The molecule has 1 aromatic rings. The fourth-order valence-corrected chi connectivity index (χ4v) is 4.47. The second-order valence-electron chi connectivity index (χ2n) is 6.88. The van der Waals surface area contributed by atoms with E-state index in [-0.39, 0.29) is 5.91 Å². The van der Waals surface area contributed by atoms with Gasteiger partial charge in [0.05, 0.1) is 5.69 Å². The molecule has 0 atom stereocenters. The summed E-state index contributed by atoms with van der Waals surface area (Å²) >= 11 is 1.58. The lowest BCUT2D eigenvalue weighted by atomic mass is 10.1. The first-order valence-electron chi connectivity index (χ1n) is 8.82. The van der Waals surface area contributed by atoms with Crippen molar-refractivity contribution in [3.8, 4) is 0 Å². The van der Waals surface area contributed by atoms with Crippen molar-refractivity contribution in [2.45, 2.75) is 46.1 Å². The van der Waals surface area contributed by atoms with E-state index in [1.54, 1.807) is 11.3 Å². The van der Waals surface area contributed by atoms with Gasteiger partial charge in [0.1, 0.15) is 4.88 Å². The third kappa shape index (κ3) is 3.69. The molecule has 0 saturated carbocycles. The van der Waals surface area contributed by atoms with Crippen LogP contribution in [0, 0.1) is 6.92 Å². The number of aryl methyl sites for hydroxylation is 1. The average Bonchev–Trinajstić information content (AvgIpc) is 2.97. The normalized spacial score (nSPS) is 20.3. The van der Waals surface area contributed by atoms with Crippen molar-refractivity contribution in [1.82, 2.24) is 14.8 Å². The molecule has 5 nitrogen and oxygen atoms in total. The van der Waals surface area contributed by atoms with Gasteiger partial charge < -0.3 is 9.80 Å². The van der Waals surface area contributed by atoms with Crippen LogP contribution < -0.4 is 4.90 Å². The van der Waals surface area contributed by atoms with Gasteiger partial charge >= 0.3 is 0 Å². The molecule has 6 heteroatoms. The maximum atomic E-state index is 12.9. The zero-order chi connectivity index (χ0) is 16.4. The van der Waals surface area contributed by atoms with Crippen LogP contribution in [0.3, 0.4) is 0 Å². The molecular weight excluding hydrogens is 308 g/mol. The minimum atomic E-state index is 0.173. The molecule has 0 aromatic carbocycles. The first kappa shape index (κ1) is 16.7. The largest absolute Gasteiger partial charge is 0.348 e. The summed E-state index contributed by atoms with van der Waals surface area (Å²) in [5.41, 5.74) is 0.895. The summed E-state index contributed by atoms with van der Waals surface area (Å²) in [5.74, 6) is 0.173. The van der Waals surface area contributed by atoms with E-state index in [1.165, 1.54) is 19.3 Å². The van der Waals surface area contributed by atoms with E-state index in [0.717, 1.165) is 55.0 Å². The Morgan fingerprint density at radius 1 is 1.04 bits per heavy atom. The Kier molecular flexibility index (Phi) is 5.21. The van der Waals surface area contributed by atoms with Crippen LogP contribution in [-0.4, -0.2) is 66.0 Å². The van der Waals surface area contributed by atoms with E-state index < -0.39 is 0 Å². The molecule has 0 unspecified atom stereocenters. The monoisotopic (exact) mass is 336 g/mol. The second kappa shape index (κ2) is 7.18. The summed E-state index contributed by atoms with van der Waals surface area (Å²) in [4.78, 5) is 25.1. The number of aromatic nitrogens is 1. The van der Waals surface area contributed by atoms with Gasteiger partial charge in [0.2, 0.25) is 0 Å². The van der Waals surface area contributed by atoms with Crippen molar-refractivity contribution < 1.29 is 4.79 Å². The van der Waals surface area contributed by atoms with Crippen LogP contribution in [-0.2, 0) is 0 Å². The van der Waals surface area contributed by atoms with Gasteiger partial charge in [-0.3, -0.25) is 9.69 Å². The van der Waals surface area contributed by atoms with Crippen LogP contribution in [0.2, 0.25) is 0 Å². The molecule has 128 valence electrons. The van der Waals surface area contributed by atoms with Crippen LogP contribution >= 0.6 is 11.3 Å². The number of nitrogens with zero attached hydrogens (tertiary/aromatic N) is 4. The van der Waals surface area contributed by atoms with Crippen LogP contribution in [0.4, 0.5) is 5.13 Å². The number of hydrogen-bond acceptors (Lipinski definition) is 5. The molecule has 3 rings (SSSR count). The Labute approximate surface area is 143 Å². The predicted octanol–water partition coefficient (Wildman–Crippen LogP) is 2.61. The van der Waals surface area contributed by atoms with Gasteiger partial charge in [0.15, 0.2) is 5.13 Å². The van der Waals surface area contributed by atoms with Crippen molar-refractivity contribution >= 4 is 22.4 Å². The molecule has 2 saturated heterocycles. The number of piperazine rings is 1. The van der Waals surface area contributed by atoms with Crippen molar-refractivity contribution in [1.29, 1.82) is 0 Å². The molecule has 1 aromatic heterocycles. The van der Waals surface area contributed by atoms with Gasteiger partial charge in [0.25, 0.3) is 5.91 Å². The van der Waals surface area contributed by atoms with Gasteiger partial charge in [-0.2, -0.15) is 0 Å². The summed E-state index contributed by atoms with van der Waals surface area (Å²) in [6, 6.07) is 0.558. The van der Waals surface area contributed by atoms with Gasteiger partial charge in [-0.05, 0) is 40.0 Å². The molecule has 0 spiro atoms. The Balaban J connectivity index is 1.67. The minimum absolute atomic E-state index is 0.173. The minimum Gasteiger partial charge on any atom is -0.348 e. The van der Waals surface area contributed by atoms with Gasteiger partial charge in [-0.15, -0.1) is 0 Å². The molecule has 0 radical (unpaired) electrons. The smallest absolute Gasteiger partial charge is 0.266 e. The first-order chi connectivity index (χ1) is 11.1. The van der Waals surface area contributed by atoms with Crippen molar-refractivity contribution in [3.63, 3.8) is 0 Å². The molecule has 3 heterocycles. The summed E-state index contributed by atoms with van der Waals surface area (Å²) in [6.07, 6.45) is 3.78. The standard InChI is InChI=1S/C17H28N4OS/c1-13(2)19-9-11-20(12-10-19)16(22)15-14(3)18-17(23-15)21-7-5-4-6-8-21/h13H,4-12H2,1-3H3. The topological polar surface area (TPSA) is 39.7 Å². The molecule has 0 bridgehead atoms. The highest BCUT2D eigenvalue weighted by atomic mass is 32.1. The fraction of sp³-hybridized carbons (Fsp3) is 0.765. The number of carbonyl (C=O) groups is 1. The Hall–Kier alpha value is -1.14. The van der Waals surface area contributed by atoms with Crippen molar-refractivity contribution in [2.75, 3.05) is 44.2 Å².